The van der Waals surface area contributed by atoms with Gasteiger partial charge >= 0.3 is 0 Å². The van der Waals surface area contributed by atoms with Crippen molar-refractivity contribution in [1.82, 2.24) is 5.32 Å². The highest BCUT2D eigenvalue weighted by atomic mass is 35.5. The largest absolute Gasteiger partial charge is 0.493 e. The maximum absolute atomic E-state index is 6.07. The van der Waals surface area contributed by atoms with Crippen LogP contribution in [0.15, 0.2) is 12.1 Å². The van der Waals surface area contributed by atoms with Crippen LogP contribution in [0.25, 0.3) is 0 Å². The number of aryl methyl sites for hydroxylation is 1. The van der Waals surface area contributed by atoms with E-state index in [1.807, 2.05) is 26.1 Å². The van der Waals surface area contributed by atoms with Crippen LogP contribution in [0.4, 0.5) is 0 Å². The number of halogens is 1. The zero-order valence-corrected chi connectivity index (χ0v) is 10.3. The van der Waals surface area contributed by atoms with E-state index in [1.165, 1.54) is 0 Å². The van der Waals surface area contributed by atoms with Gasteiger partial charge in [-0.3, -0.25) is 0 Å². The molecule has 1 aromatic carbocycles. The Morgan fingerprint density at radius 2 is 2.13 bits per heavy atom. The first-order chi connectivity index (χ1) is 7.19. The van der Waals surface area contributed by atoms with Gasteiger partial charge < -0.3 is 10.1 Å². The fraction of sp³-hybridized carbons (Fsp3) is 0.500. The minimum Gasteiger partial charge on any atom is -0.493 e. The van der Waals surface area contributed by atoms with E-state index in [9.17, 15) is 0 Å². The number of nitrogens with one attached hydrogen (secondary N) is 1. The number of rotatable bonds is 5. The average molecular weight is 228 g/mol. The Hall–Kier alpha value is -0.730. The highest BCUT2D eigenvalue weighted by Gasteiger charge is 2.06. The molecular formula is C12H18ClNO. The fourth-order valence-electron chi connectivity index (χ4n) is 1.37. The third-order valence-electron chi connectivity index (χ3n) is 2.17. The summed E-state index contributed by atoms with van der Waals surface area (Å²) in [5.41, 5.74) is 2.17. The number of hydrogen-bond donors (Lipinski definition) is 1. The quantitative estimate of drug-likeness (QED) is 0.835. The lowest BCUT2D eigenvalue weighted by molar-refractivity contribution is 0.313. The van der Waals surface area contributed by atoms with Gasteiger partial charge in [-0.05, 0) is 38.1 Å². The predicted octanol–water partition coefficient (Wildman–Crippen LogP) is 3.16. The molecule has 0 aliphatic carbocycles. The molecule has 1 N–H and O–H groups in total. The molecule has 0 spiro atoms. The van der Waals surface area contributed by atoms with Gasteiger partial charge in [0.15, 0.2) is 0 Å². The highest BCUT2D eigenvalue weighted by Crippen LogP contribution is 2.26. The van der Waals surface area contributed by atoms with Gasteiger partial charge in [0.25, 0.3) is 0 Å². The second-order valence-corrected chi connectivity index (χ2v) is 4.00. The minimum atomic E-state index is 0.748. The SMILES string of the molecule is CCCOc1cc(C)c(Cl)cc1CNC. The van der Waals surface area contributed by atoms with E-state index in [-0.39, 0.29) is 0 Å². The molecule has 0 radical (unpaired) electrons. The summed E-state index contributed by atoms with van der Waals surface area (Å²) < 4.78 is 5.68. The van der Waals surface area contributed by atoms with Crippen LogP contribution in [-0.4, -0.2) is 13.7 Å². The zero-order chi connectivity index (χ0) is 11.3. The van der Waals surface area contributed by atoms with Crippen molar-refractivity contribution in [3.05, 3.63) is 28.3 Å². The van der Waals surface area contributed by atoms with Crippen molar-refractivity contribution in [1.29, 1.82) is 0 Å². The first-order valence-corrected chi connectivity index (χ1v) is 5.63. The summed E-state index contributed by atoms with van der Waals surface area (Å²) in [5.74, 6) is 0.938. The maximum atomic E-state index is 6.07. The molecular weight excluding hydrogens is 210 g/mol. The molecule has 0 saturated carbocycles. The van der Waals surface area contributed by atoms with Crippen molar-refractivity contribution in [2.24, 2.45) is 0 Å². The molecule has 0 fully saturated rings. The molecule has 0 amide bonds. The molecule has 0 heterocycles. The van der Waals surface area contributed by atoms with Gasteiger partial charge in [-0.15, -0.1) is 0 Å². The Bertz CT molecular complexity index is 326. The first kappa shape index (κ1) is 12.3. The predicted molar refractivity (Wildman–Crippen MR) is 64.7 cm³/mol. The lowest BCUT2D eigenvalue weighted by Crippen LogP contribution is -2.08. The van der Waals surface area contributed by atoms with Crippen LogP contribution in [0.1, 0.15) is 24.5 Å². The zero-order valence-electron chi connectivity index (χ0n) is 9.56. The second-order valence-electron chi connectivity index (χ2n) is 3.59. The Labute approximate surface area is 96.6 Å². The minimum absolute atomic E-state index is 0.748. The molecule has 0 aliphatic rings. The first-order valence-electron chi connectivity index (χ1n) is 5.25. The van der Waals surface area contributed by atoms with Crippen molar-refractivity contribution in [2.75, 3.05) is 13.7 Å². The van der Waals surface area contributed by atoms with Gasteiger partial charge in [-0.2, -0.15) is 0 Å². The van der Waals surface area contributed by atoms with Crippen LogP contribution >= 0.6 is 11.6 Å². The monoisotopic (exact) mass is 227 g/mol. The summed E-state index contributed by atoms with van der Waals surface area (Å²) in [4.78, 5) is 0. The molecule has 0 atom stereocenters. The third-order valence-corrected chi connectivity index (χ3v) is 2.58. The molecule has 84 valence electrons. The fourth-order valence-corrected chi connectivity index (χ4v) is 1.56. The lowest BCUT2D eigenvalue weighted by atomic mass is 10.1. The molecule has 0 saturated heterocycles. The maximum Gasteiger partial charge on any atom is 0.124 e. The van der Waals surface area contributed by atoms with E-state index in [0.717, 1.165) is 41.5 Å². The van der Waals surface area contributed by atoms with Crippen LogP contribution in [0, 0.1) is 6.92 Å². The summed E-state index contributed by atoms with van der Waals surface area (Å²) in [6.07, 6.45) is 1.01. The highest BCUT2D eigenvalue weighted by molar-refractivity contribution is 6.31. The summed E-state index contributed by atoms with van der Waals surface area (Å²) in [5, 5.41) is 3.90. The Balaban J connectivity index is 2.93. The van der Waals surface area contributed by atoms with Crippen molar-refractivity contribution < 1.29 is 4.74 Å². The number of hydrogen-bond acceptors (Lipinski definition) is 2. The summed E-state index contributed by atoms with van der Waals surface area (Å²) >= 11 is 6.07. The third kappa shape index (κ3) is 3.40. The Kier molecular flexibility index (Phi) is 4.92. The van der Waals surface area contributed by atoms with E-state index < -0.39 is 0 Å². The molecule has 0 bridgehead atoms. The Morgan fingerprint density at radius 1 is 1.40 bits per heavy atom. The summed E-state index contributed by atoms with van der Waals surface area (Å²) in [6, 6.07) is 3.98. The van der Waals surface area contributed by atoms with E-state index in [0.29, 0.717) is 0 Å². The molecule has 1 rings (SSSR count). The van der Waals surface area contributed by atoms with E-state index in [2.05, 4.69) is 12.2 Å². The van der Waals surface area contributed by atoms with E-state index in [1.54, 1.807) is 0 Å². The van der Waals surface area contributed by atoms with Crippen molar-refractivity contribution in [3.8, 4) is 5.75 Å². The number of benzene rings is 1. The van der Waals surface area contributed by atoms with Gasteiger partial charge in [0.2, 0.25) is 0 Å². The van der Waals surface area contributed by atoms with Crippen molar-refractivity contribution >= 4 is 11.6 Å². The second kappa shape index (κ2) is 5.99. The Morgan fingerprint density at radius 3 is 2.73 bits per heavy atom. The molecule has 1 aromatic rings. The van der Waals surface area contributed by atoms with Crippen LogP contribution < -0.4 is 10.1 Å². The van der Waals surface area contributed by atoms with E-state index in [4.69, 9.17) is 16.3 Å². The van der Waals surface area contributed by atoms with Crippen LogP contribution in [0.3, 0.4) is 0 Å². The van der Waals surface area contributed by atoms with Crippen molar-refractivity contribution in [2.45, 2.75) is 26.8 Å². The van der Waals surface area contributed by atoms with Gasteiger partial charge in [0, 0.05) is 17.1 Å². The topological polar surface area (TPSA) is 21.3 Å². The van der Waals surface area contributed by atoms with Gasteiger partial charge in [-0.1, -0.05) is 18.5 Å². The van der Waals surface area contributed by atoms with Gasteiger partial charge in [0.05, 0.1) is 6.61 Å². The van der Waals surface area contributed by atoms with E-state index >= 15 is 0 Å². The average Bonchev–Trinajstić information content (AvgIpc) is 2.21. The van der Waals surface area contributed by atoms with Crippen LogP contribution in [0.2, 0.25) is 5.02 Å². The summed E-state index contributed by atoms with van der Waals surface area (Å²) in [7, 11) is 1.91. The molecule has 15 heavy (non-hydrogen) atoms. The molecule has 3 heteroatoms. The smallest absolute Gasteiger partial charge is 0.124 e. The number of ether oxygens (including phenoxy) is 1. The molecule has 0 aromatic heterocycles. The van der Waals surface area contributed by atoms with Gasteiger partial charge in [0.1, 0.15) is 5.75 Å². The lowest BCUT2D eigenvalue weighted by Gasteiger charge is -2.12. The summed E-state index contributed by atoms with van der Waals surface area (Å²) in [6.45, 7) is 5.61. The van der Waals surface area contributed by atoms with Crippen LogP contribution in [0.5, 0.6) is 5.75 Å². The van der Waals surface area contributed by atoms with Gasteiger partial charge in [-0.25, -0.2) is 0 Å². The molecule has 0 aliphatic heterocycles. The molecule has 0 unspecified atom stereocenters. The molecule has 2 nitrogen and oxygen atoms in total. The normalized spacial score (nSPS) is 10.4. The van der Waals surface area contributed by atoms with Crippen LogP contribution in [-0.2, 0) is 6.54 Å². The standard InChI is InChI=1S/C12H18ClNO/c1-4-5-15-12-6-9(2)11(13)7-10(12)8-14-3/h6-7,14H,4-5,8H2,1-3H3. The van der Waals surface area contributed by atoms with Crippen molar-refractivity contribution in [3.63, 3.8) is 0 Å².